The summed E-state index contributed by atoms with van der Waals surface area (Å²) in [7, 11) is -2.93. The minimum atomic E-state index is -2.93. The van der Waals surface area contributed by atoms with Crippen LogP contribution in [0.1, 0.15) is 0 Å². The fraction of sp³-hybridized carbons (Fsp3) is 0.364. The summed E-state index contributed by atoms with van der Waals surface area (Å²) in [5.74, 6) is 0.417. The molecule has 0 spiro atoms. The van der Waals surface area contributed by atoms with E-state index in [1.807, 2.05) is 17.0 Å². The van der Waals surface area contributed by atoms with Crippen LogP contribution in [0.5, 0.6) is 0 Å². The molecular weight excluding hydrogens is 310 g/mol. The van der Waals surface area contributed by atoms with Gasteiger partial charge in [0.05, 0.1) is 17.5 Å². The van der Waals surface area contributed by atoms with E-state index in [1.54, 1.807) is 12.1 Å². The highest BCUT2D eigenvalue weighted by molar-refractivity contribution is 8.24. The van der Waals surface area contributed by atoms with Crippen molar-refractivity contribution < 1.29 is 8.42 Å². The molecule has 18 heavy (non-hydrogen) atoms. The molecule has 1 aromatic rings. The Morgan fingerprint density at radius 1 is 1.28 bits per heavy atom. The van der Waals surface area contributed by atoms with Crippen molar-refractivity contribution in [2.24, 2.45) is 0 Å². The Hall–Kier alpha value is -0.300. The lowest BCUT2D eigenvalue weighted by Gasteiger charge is -2.23. The SMILES string of the molecule is O=S1(=O)C[C@@H]2SC(=S)N(c3ccc(Cl)cc3)[C@@H]2C1. The fourth-order valence-electron chi connectivity index (χ4n) is 2.37. The number of thioether (sulfide) groups is 1. The van der Waals surface area contributed by atoms with Crippen LogP contribution in [0.2, 0.25) is 5.02 Å². The van der Waals surface area contributed by atoms with Crippen molar-refractivity contribution in [3.63, 3.8) is 0 Å². The second kappa shape index (κ2) is 4.37. The van der Waals surface area contributed by atoms with E-state index in [-0.39, 0.29) is 22.8 Å². The first-order valence-corrected chi connectivity index (χ1v) is 8.91. The van der Waals surface area contributed by atoms with Crippen molar-refractivity contribution in [1.82, 2.24) is 0 Å². The summed E-state index contributed by atoms with van der Waals surface area (Å²) in [5, 5.41) is 0.727. The largest absolute Gasteiger partial charge is 0.322 e. The Morgan fingerprint density at radius 3 is 2.61 bits per heavy atom. The number of halogens is 1. The molecule has 7 heteroatoms. The van der Waals surface area contributed by atoms with Crippen LogP contribution in [-0.2, 0) is 9.84 Å². The number of fused-ring (bicyclic) bond motifs is 1. The van der Waals surface area contributed by atoms with Crippen molar-refractivity contribution in [1.29, 1.82) is 0 Å². The first-order chi connectivity index (χ1) is 8.46. The third kappa shape index (κ3) is 2.15. The summed E-state index contributed by atoms with van der Waals surface area (Å²) in [6.07, 6.45) is 0. The number of anilines is 1. The van der Waals surface area contributed by atoms with Crippen LogP contribution in [0.3, 0.4) is 0 Å². The molecule has 0 amide bonds. The molecule has 0 bridgehead atoms. The molecule has 96 valence electrons. The summed E-state index contributed by atoms with van der Waals surface area (Å²) in [4.78, 5) is 1.95. The Bertz CT molecular complexity index is 599. The van der Waals surface area contributed by atoms with Gasteiger partial charge in [-0.25, -0.2) is 8.42 Å². The Balaban J connectivity index is 1.96. The van der Waals surface area contributed by atoms with E-state index in [0.717, 1.165) is 10.0 Å². The summed E-state index contributed by atoms with van der Waals surface area (Å²) in [6, 6.07) is 7.31. The highest BCUT2D eigenvalue weighted by Gasteiger charge is 2.48. The first-order valence-electron chi connectivity index (χ1n) is 5.42. The molecule has 2 atom stereocenters. The molecule has 2 aliphatic heterocycles. The minimum Gasteiger partial charge on any atom is -0.322 e. The standard InChI is InChI=1S/C11H10ClNO2S3/c12-7-1-3-8(4-2-7)13-9-5-18(14,15)6-10(9)17-11(13)16/h1-4,9-10H,5-6H2/t9-,10+/m1/s1. The number of thiocarbonyl (C=S) groups is 1. The third-order valence-corrected chi connectivity index (χ3v) is 7.00. The maximum absolute atomic E-state index is 11.7. The molecule has 0 aromatic heterocycles. The fourth-order valence-corrected chi connectivity index (χ4v) is 6.87. The van der Waals surface area contributed by atoms with E-state index in [9.17, 15) is 8.42 Å². The van der Waals surface area contributed by atoms with Gasteiger partial charge >= 0.3 is 0 Å². The molecule has 0 aliphatic carbocycles. The van der Waals surface area contributed by atoms with Crippen LogP contribution in [-0.4, -0.2) is 35.5 Å². The predicted molar refractivity (Wildman–Crippen MR) is 80.3 cm³/mol. The Kier molecular flexibility index (Phi) is 3.09. The highest BCUT2D eigenvalue weighted by atomic mass is 35.5. The van der Waals surface area contributed by atoms with Gasteiger partial charge in [0.25, 0.3) is 0 Å². The van der Waals surface area contributed by atoms with E-state index in [1.165, 1.54) is 11.8 Å². The zero-order valence-corrected chi connectivity index (χ0v) is 12.5. The van der Waals surface area contributed by atoms with Crippen LogP contribution in [0.4, 0.5) is 5.69 Å². The molecule has 2 fully saturated rings. The van der Waals surface area contributed by atoms with Crippen LogP contribution in [0.25, 0.3) is 0 Å². The number of rotatable bonds is 1. The second-order valence-corrected chi connectivity index (χ2v) is 8.88. The van der Waals surface area contributed by atoms with Gasteiger partial charge in [0.15, 0.2) is 9.84 Å². The molecule has 0 saturated carbocycles. The molecule has 0 radical (unpaired) electrons. The van der Waals surface area contributed by atoms with Gasteiger partial charge in [-0.2, -0.15) is 0 Å². The number of sulfone groups is 1. The molecule has 0 N–H and O–H groups in total. The predicted octanol–water partition coefficient (Wildman–Crippen LogP) is 2.34. The number of hydrogen-bond acceptors (Lipinski definition) is 4. The van der Waals surface area contributed by atoms with Crippen molar-refractivity contribution >= 4 is 55.4 Å². The quantitative estimate of drug-likeness (QED) is 0.743. The van der Waals surface area contributed by atoms with Crippen molar-refractivity contribution in [2.75, 3.05) is 16.4 Å². The lowest BCUT2D eigenvalue weighted by molar-refractivity contribution is 0.601. The number of nitrogens with zero attached hydrogens (tertiary/aromatic N) is 1. The summed E-state index contributed by atoms with van der Waals surface area (Å²) in [5.41, 5.74) is 0.918. The van der Waals surface area contributed by atoms with Gasteiger partial charge in [0.1, 0.15) is 4.32 Å². The maximum Gasteiger partial charge on any atom is 0.153 e. The molecule has 3 rings (SSSR count). The number of benzene rings is 1. The van der Waals surface area contributed by atoms with Crippen molar-refractivity contribution in [2.45, 2.75) is 11.3 Å². The van der Waals surface area contributed by atoms with E-state index in [2.05, 4.69) is 0 Å². The van der Waals surface area contributed by atoms with Gasteiger partial charge in [-0.1, -0.05) is 35.6 Å². The Labute approximate surface area is 120 Å². The van der Waals surface area contributed by atoms with Crippen molar-refractivity contribution in [3.05, 3.63) is 29.3 Å². The average Bonchev–Trinajstić information content (AvgIpc) is 2.70. The van der Waals surface area contributed by atoms with Gasteiger partial charge in [0.2, 0.25) is 0 Å². The maximum atomic E-state index is 11.7. The van der Waals surface area contributed by atoms with E-state index in [4.69, 9.17) is 23.8 Å². The van der Waals surface area contributed by atoms with Crippen molar-refractivity contribution in [3.8, 4) is 0 Å². The van der Waals surface area contributed by atoms with Gasteiger partial charge in [0, 0.05) is 16.0 Å². The molecule has 3 nitrogen and oxygen atoms in total. The topological polar surface area (TPSA) is 37.4 Å². The molecule has 0 unspecified atom stereocenters. The summed E-state index contributed by atoms with van der Waals surface area (Å²) < 4.78 is 24.1. The van der Waals surface area contributed by atoms with E-state index < -0.39 is 9.84 Å². The first kappa shape index (κ1) is 12.7. The summed E-state index contributed by atoms with van der Waals surface area (Å²) in [6.45, 7) is 0. The molecule has 1 aromatic carbocycles. The van der Waals surface area contributed by atoms with Gasteiger partial charge < -0.3 is 4.90 Å². The molecule has 2 saturated heterocycles. The smallest absolute Gasteiger partial charge is 0.153 e. The second-order valence-electron chi connectivity index (χ2n) is 4.41. The van der Waals surface area contributed by atoms with Crippen LogP contribution in [0, 0.1) is 0 Å². The lowest BCUT2D eigenvalue weighted by Crippen LogP contribution is -2.36. The van der Waals surface area contributed by atoms with Gasteiger partial charge in [-0.3, -0.25) is 0 Å². The molecule has 2 heterocycles. The van der Waals surface area contributed by atoms with E-state index >= 15 is 0 Å². The summed E-state index contributed by atoms with van der Waals surface area (Å²) >= 11 is 12.7. The lowest BCUT2D eigenvalue weighted by atomic mass is 10.2. The monoisotopic (exact) mass is 319 g/mol. The zero-order chi connectivity index (χ0) is 12.9. The normalized spacial score (nSPS) is 29.6. The number of hydrogen-bond donors (Lipinski definition) is 0. The highest BCUT2D eigenvalue weighted by Crippen LogP contribution is 2.40. The van der Waals surface area contributed by atoms with Crippen LogP contribution in [0.15, 0.2) is 24.3 Å². The average molecular weight is 320 g/mol. The van der Waals surface area contributed by atoms with Crippen LogP contribution < -0.4 is 4.90 Å². The minimum absolute atomic E-state index is 0.0336. The Morgan fingerprint density at radius 2 is 1.94 bits per heavy atom. The van der Waals surface area contributed by atoms with Gasteiger partial charge in [-0.15, -0.1) is 0 Å². The van der Waals surface area contributed by atoms with Gasteiger partial charge in [-0.05, 0) is 24.3 Å². The third-order valence-electron chi connectivity index (χ3n) is 3.16. The molecule has 2 aliphatic rings. The zero-order valence-electron chi connectivity index (χ0n) is 9.24. The van der Waals surface area contributed by atoms with E-state index in [0.29, 0.717) is 5.02 Å². The van der Waals surface area contributed by atoms with Crippen LogP contribution >= 0.6 is 35.6 Å². The molecular formula is C11H10ClNO2S3.